The lowest BCUT2D eigenvalue weighted by molar-refractivity contribution is 0.0691. The topological polar surface area (TPSA) is 56.4 Å². The van der Waals surface area contributed by atoms with Crippen LogP contribution in [0.3, 0.4) is 0 Å². The van der Waals surface area contributed by atoms with E-state index in [0.717, 1.165) is 51.0 Å². The molecule has 2 aromatic rings. The molecule has 3 heterocycles. The van der Waals surface area contributed by atoms with E-state index in [0.29, 0.717) is 11.5 Å². The van der Waals surface area contributed by atoms with E-state index in [2.05, 4.69) is 34.1 Å². The van der Waals surface area contributed by atoms with Crippen molar-refractivity contribution >= 4 is 11.6 Å². The summed E-state index contributed by atoms with van der Waals surface area (Å²) < 4.78 is 0. The number of anilines is 1. The number of pyridine rings is 1. The molecule has 0 bridgehead atoms. The van der Waals surface area contributed by atoms with Crippen LogP contribution in [0.25, 0.3) is 0 Å². The standard InChI is InChI=1S/C21H25N3O2/c1-15-12-20(25)22-13-18(15)21(26)23-9-6-16(7-10-23)14-24-11-8-17-4-2-3-5-19(17)24/h2-5,12-13,16H,6-11,14H2,1H3,(H,22,25). The fraction of sp³-hybridized carbons (Fsp3) is 0.429. The van der Waals surface area contributed by atoms with Crippen LogP contribution >= 0.6 is 0 Å². The number of hydrogen-bond acceptors (Lipinski definition) is 3. The first-order valence-electron chi connectivity index (χ1n) is 9.43. The number of aryl methyl sites for hydroxylation is 1. The Morgan fingerprint density at radius 2 is 1.96 bits per heavy atom. The summed E-state index contributed by atoms with van der Waals surface area (Å²) >= 11 is 0. The fourth-order valence-corrected chi connectivity index (χ4v) is 4.20. The Morgan fingerprint density at radius 3 is 2.73 bits per heavy atom. The molecule has 0 spiro atoms. The summed E-state index contributed by atoms with van der Waals surface area (Å²) in [4.78, 5) is 31.1. The normalized spacial score (nSPS) is 17.4. The van der Waals surface area contributed by atoms with Gasteiger partial charge in [0.25, 0.3) is 5.91 Å². The third-order valence-electron chi connectivity index (χ3n) is 5.73. The van der Waals surface area contributed by atoms with Gasteiger partial charge >= 0.3 is 0 Å². The Labute approximate surface area is 153 Å². The van der Waals surface area contributed by atoms with Crippen molar-refractivity contribution in [1.29, 1.82) is 0 Å². The number of nitrogens with zero attached hydrogens (tertiary/aromatic N) is 2. The molecule has 4 rings (SSSR count). The SMILES string of the molecule is Cc1cc(=O)[nH]cc1C(=O)N1CCC(CN2CCc3ccccc32)CC1. The number of aromatic nitrogens is 1. The summed E-state index contributed by atoms with van der Waals surface area (Å²) in [5.41, 5.74) is 4.03. The average Bonchev–Trinajstić information content (AvgIpc) is 3.05. The van der Waals surface area contributed by atoms with Gasteiger partial charge in [0.1, 0.15) is 0 Å². The highest BCUT2D eigenvalue weighted by Crippen LogP contribution is 2.30. The largest absolute Gasteiger partial charge is 0.371 e. The number of nitrogens with one attached hydrogen (secondary N) is 1. The van der Waals surface area contributed by atoms with Crippen molar-refractivity contribution in [3.8, 4) is 0 Å². The first-order valence-corrected chi connectivity index (χ1v) is 9.43. The minimum Gasteiger partial charge on any atom is -0.371 e. The number of piperidine rings is 1. The monoisotopic (exact) mass is 351 g/mol. The number of carbonyl (C=O) groups is 1. The fourth-order valence-electron chi connectivity index (χ4n) is 4.20. The highest BCUT2D eigenvalue weighted by Gasteiger charge is 2.27. The number of hydrogen-bond donors (Lipinski definition) is 1. The maximum atomic E-state index is 12.7. The Kier molecular flexibility index (Phi) is 4.53. The van der Waals surface area contributed by atoms with E-state index >= 15 is 0 Å². The van der Waals surface area contributed by atoms with Crippen LogP contribution in [0, 0.1) is 12.8 Å². The van der Waals surface area contributed by atoms with Gasteiger partial charge in [-0.05, 0) is 49.3 Å². The third-order valence-corrected chi connectivity index (χ3v) is 5.73. The molecule has 0 aliphatic carbocycles. The highest BCUT2D eigenvalue weighted by atomic mass is 16.2. The Bertz CT molecular complexity index is 866. The Hall–Kier alpha value is -2.56. The summed E-state index contributed by atoms with van der Waals surface area (Å²) in [5.74, 6) is 0.658. The summed E-state index contributed by atoms with van der Waals surface area (Å²) in [5, 5.41) is 0. The maximum Gasteiger partial charge on any atom is 0.255 e. The Morgan fingerprint density at radius 1 is 1.19 bits per heavy atom. The van der Waals surface area contributed by atoms with Gasteiger partial charge < -0.3 is 14.8 Å². The molecule has 1 aromatic heterocycles. The molecule has 136 valence electrons. The van der Waals surface area contributed by atoms with Crippen molar-refractivity contribution in [2.24, 2.45) is 5.92 Å². The summed E-state index contributed by atoms with van der Waals surface area (Å²) in [6.07, 6.45) is 4.76. The molecule has 1 saturated heterocycles. The minimum absolute atomic E-state index is 0.0312. The van der Waals surface area contributed by atoms with Crippen molar-refractivity contribution in [2.75, 3.05) is 31.1 Å². The second-order valence-corrected chi connectivity index (χ2v) is 7.45. The van der Waals surface area contributed by atoms with Crippen LogP contribution in [0.15, 0.2) is 41.3 Å². The number of fused-ring (bicyclic) bond motifs is 1. The van der Waals surface area contributed by atoms with Crippen molar-refractivity contribution in [2.45, 2.75) is 26.2 Å². The molecular formula is C21H25N3O2. The van der Waals surface area contributed by atoms with E-state index in [1.807, 2.05) is 11.8 Å². The first-order chi connectivity index (χ1) is 12.6. The summed E-state index contributed by atoms with van der Waals surface area (Å²) in [6.45, 7) is 5.58. The second-order valence-electron chi connectivity index (χ2n) is 7.45. The van der Waals surface area contributed by atoms with Gasteiger partial charge in [-0.1, -0.05) is 18.2 Å². The first kappa shape index (κ1) is 16.9. The van der Waals surface area contributed by atoms with Crippen LogP contribution < -0.4 is 10.5 Å². The number of rotatable bonds is 3. The third kappa shape index (κ3) is 3.26. The van der Waals surface area contributed by atoms with E-state index in [1.165, 1.54) is 17.3 Å². The summed E-state index contributed by atoms with van der Waals surface area (Å²) in [7, 11) is 0. The van der Waals surface area contributed by atoms with Gasteiger partial charge in [0.15, 0.2) is 0 Å². The molecule has 5 nitrogen and oxygen atoms in total. The van der Waals surface area contributed by atoms with E-state index < -0.39 is 0 Å². The predicted octanol–water partition coefficient (Wildman–Crippen LogP) is 2.60. The van der Waals surface area contributed by atoms with Gasteiger partial charge in [0.05, 0.1) is 5.56 Å². The van der Waals surface area contributed by atoms with E-state index in [-0.39, 0.29) is 11.5 Å². The highest BCUT2D eigenvalue weighted by molar-refractivity contribution is 5.95. The average molecular weight is 351 g/mol. The quantitative estimate of drug-likeness (QED) is 0.925. The molecule has 0 unspecified atom stereocenters. The molecule has 0 saturated carbocycles. The number of likely N-dealkylation sites (tertiary alicyclic amines) is 1. The van der Waals surface area contributed by atoms with Gasteiger partial charge in [-0.25, -0.2) is 0 Å². The molecule has 2 aliphatic rings. The molecule has 1 N–H and O–H groups in total. The van der Waals surface area contributed by atoms with Crippen molar-refractivity contribution in [3.63, 3.8) is 0 Å². The minimum atomic E-state index is -0.163. The van der Waals surface area contributed by atoms with Gasteiger partial charge in [-0.2, -0.15) is 0 Å². The van der Waals surface area contributed by atoms with Crippen molar-refractivity contribution in [1.82, 2.24) is 9.88 Å². The van der Waals surface area contributed by atoms with Gasteiger partial charge in [-0.3, -0.25) is 9.59 Å². The molecule has 0 atom stereocenters. The Balaban J connectivity index is 1.36. The smallest absolute Gasteiger partial charge is 0.255 e. The van der Waals surface area contributed by atoms with Gasteiger partial charge in [0, 0.05) is 44.1 Å². The molecule has 0 radical (unpaired) electrons. The predicted molar refractivity (Wildman–Crippen MR) is 103 cm³/mol. The molecule has 26 heavy (non-hydrogen) atoms. The number of benzene rings is 1. The molecule has 5 heteroatoms. The van der Waals surface area contributed by atoms with Gasteiger partial charge in [-0.15, -0.1) is 0 Å². The molecule has 1 amide bonds. The van der Waals surface area contributed by atoms with E-state index in [1.54, 1.807) is 6.20 Å². The second kappa shape index (κ2) is 6.98. The number of carbonyl (C=O) groups excluding carboxylic acids is 1. The maximum absolute atomic E-state index is 12.7. The molecule has 1 aromatic carbocycles. The van der Waals surface area contributed by atoms with Gasteiger partial charge in [0.2, 0.25) is 5.56 Å². The number of amides is 1. The van der Waals surface area contributed by atoms with Crippen LogP contribution in [0.1, 0.15) is 34.3 Å². The van der Waals surface area contributed by atoms with Crippen LogP contribution in [-0.4, -0.2) is 42.0 Å². The lowest BCUT2D eigenvalue weighted by atomic mass is 9.95. The zero-order chi connectivity index (χ0) is 18.1. The molecule has 2 aliphatic heterocycles. The number of para-hydroxylation sites is 1. The number of aromatic amines is 1. The molecular weight excluding hydrogens is 326 g/mol. The van der Waals surface area contributed by atoms with Crippen molar-refractivity contribution < 1.29 is 4.79 Å². The van der Waals surface area contributed by atoms with Crippen LogP contribution in [0.2, 0.25) is 0 Å². The zero-order valence-electron chi connectivity index (χ0n) is 15.2. The number of H-pyrrole nitrogens is 1. The van der Waals surface area contributed by atoms with Crippen molar-refractivity contribution in [3.05, 3.63) is 63.6 Å². The summed E-state index contributed by atoms with van der Waals surface area (Å²) in [6, 6.07) is 10.2. The van der Waals surface area contributed by atoms with E-state index in [9.17, 15) is 9.59 Å². The van der Waals surface area contributed by atoms with Crippen LogP contribution in [-0.2, 0) is 6.42 Å². The lowest BCUT2D eigenvalue weighted by Gasteiger charge is -2.34. The lowest BCUT2D eigenvalue weighted by Crippen LogP contribution is -2.41. The van der Waals surface area contributed by atoms with Crippen LogP contribution in [0.5, 0.6) is 0 Å². The van der Waals surface area contributed by atoms with E-state index in [4.69, 9.17) is 0 Å². The van der Waals surface area contributed by atoms with Crippen LogP contribution in [0.4, 0.5) is 5.69 Å². The molecule has 1 fully saturated rings. The zero-order valence-corrected chi connectivity index (χ0v) is 15.2.